The second-order valence-electron chi connectivity index (χ2n) is 7.53. The Balaban J connectivity index is 1.18. The third-order valence-corrected chi connectivity index (χ3v) is 7.69. The molecule has 0 atom stereocenters. The number of hydrogen-bond acceptors (Lipinski definition) is 8. The number of thiophene rings is 1. The first-order chi connectivity index (χ1) is 15.8. The van der Waals surface area contributed by atoms with Gasteiger partial charge in [0.2, 0.25) is 0 Å². The summed E-state index contributed by atoms with van der Waals surface area (Å²) in [7, 11) is 0. The summed E-state index contributed by atoms with van der Waals surface area (Å²) in [5.74, 6) is 1.74. The van der Waals surface area contributed by atoms with Crippen LogP contribution in [0.5, 0.6) is 0 Å². The molecule has 6 rings (SSSR count). The van der Waals surface area contributed by atoms with Crippen LogP contribution in [0.1, 0.15) is 11.1 Å². The van der Waals surface area contributed by atoms with Crippen molar-refractivity contribution in [2.24, 2.45) is 0 Å². The van der Waals surface area contributed by atoms with E-state index in [1.54, 1.807) is 29.5 Å². The first kappa shape index (κ1) is 19.5. The van der Waals surface area contributed by atoms with E-state index in [1.165, 1.54) is 21.7 Å². The van der Waals surface area contributed by atoms with Crippen molar-refractivity contribution in [3.8, 4) is 10.6 Å². The zero-order valence-electron chi connectivity index (χ0n) is 17.1. The van der Waals surface area contributed by atoms with Crippen LogP contribution >= 0.6 is 23.3 Å². The van der Waals surface area contributed by atoms with Gasteiger partial charge in [-0.2, -0.15) is 0 Å². The molecule has 0 unspecified atom stereocenters. The van der Waals surface area contributed by atoms with Crippen molar-refractivity contribution in [3.05, 3.63) is 84.6 Å². The summed E-state index contributed by atoms with van der Waals surface area (Å²) < 4.78 is 9.06. The fraction of sp³-hybridized carbons (Fsp3) is 0.125. The highest BCUT2D eigenvalue weighted by molar-refractivity contribution is 7.99. The molecule has 1 N–H and O–H groups in total. The molecule has 5 heterocycles. The van der Waals surface area contributed by atoms with Crippen LogP contribution in [0.4, 0.5) is 11.5 Å². The minimum Gasteiger partial charge on any atom is -0.443 e. The quantitative estimate of drug-likeness (QED) is 0.317. The van der Waals surface area contributed by atoms with Gasteiger partial charge in [0.25, 0.3) is 0 Å². The predicted molar refractivity (Wildman–Crippen MR) is 129 cm³/mol. The van der Waals surface area contributed by atoms with E-state index in [-0.39, 0.29) is 0 Å². The number of anilines is 2. The molecule has 5 aromatic rings. The van der Waals surface area contributed by atoms with Crippen LogP contribution in [0.2, 0.25) is 0 Å². The van der Waals surface area contributed by atoms with Gasteiger partial charge in [0.15, 0.2) is 12.2 Å². The minimum atomic E-state index is 0.816. The monoisotopic (exact) mass is 457 g/mol. The van der Waals surface area contributed by atoms with Gasteiger partial charge in [-0.3, -0.25) is 4.98 Å². The van der Waals surface area contributed by atoms with Crippen LogP contribution in [0.15, 0.2) is 82.1 Å². The minimum absolute atomic E-state index is 0.816. The Morgan fingerprint density at radius 3 is 2.97 bits per heavy atom. The van der Waals surface area contributed by atoms with Gasteiger partial charge >= 0.3 is 0 Å². The summed E-state index contributed by atoms with van der Waals surface area (Å²) in [4.78, 5) is 14.3. The van der Waals surface area contributed by atoms with E-state index in [0.29, 0.717) is 0 Å². The molecule has 8 heteroatoms. The molecular weight excluding hydrogens is 438 g/mol. The zero-order chi connectivity index (χ0) is 21.3. The molecule has 6 nitrogen and oxygen atoms in total. The van der Waals surface area contributed by atoms with Crippen molar-refractivity contribution in [1.29, 1.82) is 0 Å². The van der Waals surface area contributed by atoms with Crippen LogP contribution in [0.3, 0.4) is 0 Å². The Labute approximate surface area is 193 Å². The van der Waals surface area contributed by atoms with Gasteiger partial charge < -0.3 is 9.73 Å². The number of para-hydroxylation sites is 1. The molecule has 4 aromatic heterocycles. The molecule has 158 valence electrons. The van der Waals surface area contributed by atoms with Gasteiger partial charge in [0.05, 0.1) is 32.7 Å². The fourth-order valence-electron chi connectivity index (χ4n) is 3.89. The second-order valence-corrected chi connectivity index (χ2v) is 10.0. The summed E-state index contributed by atoms with van der Waals surface area (Å²) in [5, 5.41) is 4.61. The maximum Gasteiger partial charge on any atom is 0.181 e. The Hall–Kier alpha value is -3.20. The Bertz CT molecular complexity index is 1380. The lowest BCUT2D eigenvalue weighted by molar-refractivity contribution is 0.444. The number of oxazole rings is 1. The number of hydrogen-bond donors (Lipinski definition) is 1. The van der Waals surface area contributed by atoms with Crippen molar-refractivity contribution in [2.75, 3.05) is 11.9 Å². The van der Waals surface area contributed by atoms with Crippen molar-refractivity contribution in [3.63, 3.8) is 0 Å². The Kier molecular flexibility index (Phi) is 5.10. The number of aromatic nitrogens is 3. The molecule has 1 aromatic carbocycles. The number of benzene rings is 1. The lowest BCUT2D eigenvalue weighted by Crippen LogP contribution is -2.25. The maximum absolute atomic E-state index is 5.41. The SMILES string of the molecule is c1ccc2ncc(Nc3nccc4c3CCN(Sc3ccc(-c5cnco5)s3)C4)cc2c1. The van der Waals surface area contributed by atoms with Crippen LogP contribution in [0.25, 0.3) is 21.5 Å². The van der Waals surface area contributed by atoms with E-state index in [9.17, 15) is 0 Å². The molecule has 1 aliphatic heterocycles. The molecule has 32 heavy (non-hydrogen) atoms. The first-order valence-corrected chi connectivity index (χ1v) is 11.9. The van der Waals surface area contributed by atoms with E-state index in [2.05, 4.69) is 54.9 Å². The van der Waals surface area contributed by atoms with Gasteiger partial charge in [-0.15, -0.1) is 11.3 Å². The lowest BCUT2D eigenvalue weighted by atomic mass is 10.0. The standard InChI is InChI=1S/C24H19N5OS2/c1-2-4-20-16(3-1)11-18(12-27-20)28-24-19-8-10-29(14-17(19)7-9-26-24)32-23-6-5-22(31-23)21-13-25-15-30-21/h1-7,9,11-13,15H,8,10,14H2,(H,26,28). The molecular formula is C24H19N5OS2. The van der Waals surface area contributed by atoms with E-state index in [1.807, 2.05) is 30.6 Å². The van der Waals surface area contributed by atoms with Crippen LogP contribution in [-0.2, 0) is 13.0 Å². The molecule has 0 spiro atoms. The summed E-state index contributed by atoms with van der Waals surface area (Å²) in [5.41, 5.74) is 4.54. The number of nitrogens with zero attached hydrogens (tertiary/aromatic N) is 4. The first-order valence-electron chi connectivity index (χ1n) is 10.3. The molecule has 0 saturated carbocycles. The average molecular weight is 458 g/mol. The van der Waals surface area contributed by atoms with Crippen molar-refractivity contribution < 1.29 is 4.42 Å². The number of nitrogens with one attached hydrogen (secondary N) is 1. The number of rotatable bonds is 5. The van der Waals surface area contributed by atoms with E-state index < -0.39 is 0 Å². The molecule has 1 aliphatic rings. The van der Waals surface area contributed by atoms with Gasteiger partial charge in [-0.05, 0) is 54.3 Å². The van der Waals surface area contributed by atoms with Gasteiger partial charge in [-0.1, -0.05) is 18.2 Å². The Morgan fingerprint density at radius 1 is 1.06 bits per heavy atom. The molecule has 0 fully saturated rings. The maximum atomic E-state index is 5.41. The van der Waals surface area contributed by atoms with Crippen LogP contribution in [0, 0.1) is 0 Å². The summed E-state index contributed by atoms with van der Waals surface area (Å²) in [6.07, 6.45) is 7.93. The third kappa shape index (κ3) is 3.88. The number of fused-ring (bicyclic) bond motifs is 2. The molecule has 0 saturated heterocycles. The van der Waals surface area contributed by atoms with E-state index in [4.69, 9.17) is 4.42 Å². The summed E-state index contributed by atoms with van der Waals surface area (Å²) in [6.45, 7) is 1.84. The Morgan fingerprint density at radius 2 is 2.03 bits per heavy atom. The third-order valence-electron chi connectivity index (χ3n) is 5.44. The molecule has 0 aliphatic carbocycles. The van der Waals surface area contributed by atoms with Gasteiger partial charge in [0.1, 0.15) is 5.82 Å². The lowest BCUT2D eigenvalue weighted by Gasteiger charge is -2.28. The molecule has 0 radical (unpaired) electrons. The number of pyridine rings is 2. The highest BCUT2D eigenvalue weighted by Gasteiger charge is 2.21. The van der Waals surface area contributed by atoms with Crippen molar-refractivity contribution >= 4 is 45.7 Å². The van der Waals surface area contributed by atoms with Crippen LogP contribution in [-0.4, -0.2) is 25.8 Å². The van der Waals surface area contributed by atoms with Gasteiger partial charge in [-0.25, -0.2) is 14.3 Å². The summed E-state index contributed by atoms with van der Waals surface area (Å²) in [6, 6.07) is 16.6. The topological polar surface area (TPSA) is 67.1 Å². The van der Waals surface area contributed by atoms with Crippen molar-refractivity contribution in [1.82, 2.24) is 19.3 Å². The van der Waals surface area contributed by atoms with Gasteiger partial charge in [0, 0.05) is 30.2 Å². The molecule has 0 amide bonds. The smallest absolute Gasteiger partial charge is 0.181 e. The van der Waals surface area contributed by atoms with E-state index in [0.717, 1.165) is 52.6 Å². The average Bonchev–Trinajstić information content (AvgIpc) is 3.51. The normalized spacial score (nSPS) is 13.9. The molecule has 0 bridgehead atoms. The van der Waals surface area contributed by atoms with Crippen LogP contribution < -0.4 is 5.32 Å². The summed E-state index contributed by atoms with van der Waals surface area (Å²) >= 11 is 3.52. The largest absolute Gasteiger partial charge is 0.443 e. The van der Waals surface area contributed by atoms with Crippen molar-refractivity contribution in [2.45, 2.75) is 17.2 Å². The van der Waals surface area contributed by atoms with E-state index >= 15 is 0 Å². The fourth-order valence-corrected chi connectivity index (χ4v) is 6.09. The zero-order valence-corrected chi connectivity index (χ0v) is 18.7. The highest BCUT2D eigenvalue weighted by atomic mass is 32.2. The highest BCUT2D eigenvalue weighted by Crippen LogP contribution is 2.38. The second kappa shape index (κ2) is 8.38. The predicted octanol–water partition coefficient (Wildman–Crippen LogP) is 6.16.